The van der Waals surface area contributed by atoms with Gasteiger partial charge in [0.15, 0.2) is 0 Å². The summed E-state index contributed by atoms with van der Waals surface area (Å²) in [5.41, 5.74) is 1.19. The minimum absolute atomic E-state index is 0.0270. The number of piperazine rings is 1. The maximum Gasteiger partial charge on any atom is 0.239 e. The molecular weight excluding hydrogens is 324 g/mol. The van der Waals surface area contributed by atoms with Gasteiger partial charge in [-0.1, -0.05) is 38.7 Å². The van der Waals surface area contributed by atoms with E-state index in [2.05, 4.69) is 33.1 Å². The number of hydrogen-bond acceptors (Lipinski definition) is 4. The van der Waals surface area contributed by atoms with Crippen LogP contribution in [0.1, 0.15) is 63.5 Å². The van der Waals surface area contributed by atoms with Crippen LogP contribution in [-0.2, 0) is 4.79 Å². The Labute approximate surface area is 158 Å². The zero-order valence-electron chi connectivity index (χ0n) is 16.2. The molecule has 26 heavy (non-hydrogen) atoms. The topological polar surface area (TPSA) is 48.5 Å². The highest BCUT2D eigenvalue weighted by atomic mass is 16.2. The van der Waals surface area contributed by atoms with Gasteiger partial charge in [-0.2, -0.15) is 0 Å². The fraction of sp³-hybridized carbons (Fsp3) is 0.714. The molecule has 1 aromatic rings. The zero-order valence-corrected chi connectivity index (χ0v) is 16.2. The van der Waals surface area contributed by atoms with Crippen LogP contribution in [0, 0.1) is 0 Å². The smallest absolute Gasteiger partial charge is 0.239 e. The first-order chi connectivity index (χ1) is 12.8. The van der Waals surface area contributed by atoms with Gasteiger partial charge in [0.05, 0.1) is 6.04 Å². The molecule has 5 nitrogen and oxygen atoms in total. The van der Waals surface area contributed by atoms with Crippen LogP contribution >= 0.6 is 0 Å². The average Bonchev–Trinajstić information content (AvgIpc) is 3.19. The number of carbonyl (C=O) groups excluding carboxylic acids is 1. The second-order valence-electron chi connectivity index (χ2n) is 7.72. The number of hydrogen-bond donors (Lipinski definition) is 1. The molecule has 144 valence electrons. The molecule has 1 amide bonds. The predicted molar refractivity (Wildman–Crippen MR) is 105 cm³/mol. The highest BCUT2D eigenvalue weighted by Gasteiger charge is 2.33. The van der Waals surface area contributed by atoms with Crippen molar-refractivity contribution in [3.05, 3.63) is 30.1 Å². The fourth-order valence-corrected chi connectivity index (χ4v) is 4.13. The standard InChI is InChI=1S/C21H34N4O/c1-2-3-4-5-6-12-24-13-15-25(16-14-24)21(26)20-10-9-19(23-20)18-8-7-11-22-17-18/h7-8,11,17,19-20,23H,2-6,9-10,12-16H2,1H3. The van der Waals surface area contributed by atoms with Crippen LogP contribution in [0.15, 0.2) is 24.5 Å². The van der Waals surface area contributed by atoms with Gasteiger partial charge in [0, 0.05) is 44.6 Å². The van der Waals surface area contributed by atoms with Gasteiger partial charge in [0.25, 0.3) is 0 Å². The van der Waals surface area contributed by atoms with Crippen molar-refractivity contribution in [2.45, 2.75) is 64.0 Å². The van der Waals surface area contributed by atoms with Crippen molar-refractivity contribution in [1.82, 2.24) is 20.1 Å². The number of amides is 1. The number of nitrogens with one attached hydrogen (secondary N) is 1. The third-order valence-corrected chi connectivity index (χ3v) is 5.79. The molecule has 2 unspecified atom stereocenters. The van der Waals surface area contributed by atoms with Crippen LogP contribution in [0.5, 0.6) is 0 Å². The summed E-state index contributed by atoms with van der Waals surface area (Å²) in [4.78, 5) is 21.6. The van der Waals surface area contributed by atoms with Crippen molar-refractivity contribution in [2.75, 3.05) is 32.7 Å². The second-order valence-corrected chi connectivity index (χ2v) is 7.72. The summed E-state index contributed by atoms with van der Waals surface area (Å²) in [6.45, 7) is 7.26. The summed E-state index contributed by atoms with van der Waals surface area (Å²) in [6, 6.07) is 4.30. The first-order valence-corrected chi connectivity index (χ1v) is 10.4. The molecule has 2 aliphatic rings. The molecule has 5 heteroatoms. The predicted octanol–water partition coefficient (Wildman–Crippen LogP) is 2.99. The molecule has 2 atom stereocenters. The number of unbranched alkanes of at least 4 members (excludes halogenated alkanes) is 4. The summed E-state index contributed by atoms with van der Waals surface area (Å²) in [5, 5.41) is 3.52. The van der Waals surface area contributed by atoms with Crippen LogP contribution in [0.2, 0.25) is 0 Å². The molecule has 2 aliphatic heterocycles. The quantitative estimate of drug-likeness (QED) is 0.726. The van der Waals surface area contributed by atoms with Crippen molar-refractivity contribution < 1.29 is 4.79 Å². The van der Waals surface area contributed by atoms with E-state index in [0.29, 0.717) is 5.91 Å². The number of aromatic nitrogens is 1. The average molecular weight is 359 g/mol. The van der Waals surface area contributed by atoms with E-state index in [0.717, 1.165) is 39.0 Å². The van der Waals surface area contributed by atoms with Gasteiger partial charge >= 0.3 is 0 Å². The molecule has 2 fully saturated rings. The van der Waals surface area contributed by atoms with Crippen LogP contribution in [0.25, 0.3) is 0 Å². The largest absolute Gasteiger partial charge is 0.339 e. The first kappa shape index (κ1) is 19.3. The summed E-state index contributed by atoms with van der Waals surface area (Å²) >= 11 is 0. The Morgan fingerprint density at radius 3 is 2.69 bits per heavy atom. The monoisotopic (exact) mass is 358 g/mol. The highest BCUT2D eigenvalue weighted by molar-refractivity contribution is 5.82. The Kier molecular flexibility index (Phi) is 7.44. The number of nitrogens with zero attached hydrogens (tertiary/aromatic N) is 3. The van der Waals surface area contributed by atoms with Gasteiger partial charge in [-0.25, -0.2) is 0 Å². The molecule has 2 saturated heterocycles. The molecule has 0 bridgehead atoms. The summed E-state index contributed by atoms with van der Waals surface area (Å²) in [5.74, 6) is 0.291. The number of pyridine rings is 1. The van der Waals surface area contributed by atoms with Gasteiger partial charge in [-0.05, 0) is 37.4 Å². The molecule has 1 N–H and O–H groups in total. The minimum atomic E-state index is -0.0270. The Hall–Kier alpha value is -1.46. The van der Waals surface area contributed by atoms with E-state index < -0.39 is 0 Å². The SMILES string of the molecule is CCCCCCCN1CCN(C(=O)C2CCC(c3cccnc3)N2)CC1. The Balaban J connectivity index is 1.37. The molecule has 0 aromatic carbocycles. The number of carbonyl (C=O) groups is 1. The van der Waals surface area contributed by atoms with E-state index in [4.69, 9.17) is 0 Å². The van der Waals surface area contributed by atoms with Gasteiger partial charge in [-0.15, -0.1) is 0 Å². The van der Waals surface area contributed by atoms with Crippen LogP contribution in [0.4, 0.5) is 0 Å². The van der Waals surface area contributed by atoms with E-state index in [1.807, 2.05) is 12.3 Å². The third kappa shape index (κ3) is 5.27. The van der Waals surface area contributed by atoms with Crippen molar-refractivity contribution in [1.29, 1.82) is 0 Å². The van der Waals surface area contributed by atoms with Gasteiger partial charge < -0.3 is 4.90 Å². The maximum absolute atomic E-state index is 12.8. The van der Waals surface area contributed by atoms with E-state index in [1.54, 1.807) is 6.20 Å². The molecule has 0 radical (unpaired) electrons. The molecule has 0 spiro atoms. The van der Waals surface area contributed by atoms with Gasteiger partial charge in [-0.3, -0.25) is 20.0 Å². The van der Waals surface area contributed by atoms with Crippen molar-refractivity contribution in [2.24, 2.45) is 0 Å². The normalized spacial score (nSPS) is 24.1. The lowest BCUT2D eigenvalue weighted by Gasteiger charge is -2.36. The minimum Gasteiger partial charge on any atom is -0.339 e. The summed E-state index contributed by atoms with van der Waals surface area (Å²) in [7, 11) is 0. The highest BCUT2D eigenvalue weighted by Crippen LogP contribution is 2.26. The molecule has 3 heterocycles. The van der Waals surface area contributed by atoms with Crippen LogP contribution in [-0.4, -0.2) is 59.5 Å². The van der Waals surface area contributed by atoms with E-state index >= 15 is 0 Å². The van der Waals surface area contributed by atoms with Crippen LogP contribution < -0.4 is 5.32 Å². The Morgan fingerprint density at radius 2 is 1.96 bits per heavy atom. The number of rotatable bonds is 8. The molecule has 3 rings (SSSR count). The Bertz CT molecular complexity index is 542. The Morgan fingerprint density at radius 1 is 1.15 bits per heavy atom. The zero-order chi connectivity index (χ0) is 18.2. The van der Waals surface area contributed by atoms with Gasteiger partial charge in [0.1, 0.15) is 0 Å². The third-order valence-electron chi connectivity index (χ3n) is 5.79. The fourth-order valence-electron chi connectivity index (χ4n) is 4.13. The maximum atomic E-state index is 12.8. The van der Waals surface area contributed by atoms with E-state index in [1.165, 1.54) is 44.2 Å². The molecule has 0 saturated carbocycles. The van der Waals surface area contributed by atoms with Crippen molar-refractivity contribution in [3.8, 4) is 0 Å². The lowest BCUT2D eigenvalue weighted by Crippen LogP contribution is -2.53. The lowest BCUT2D eigenvalue weighted by atomic mass is 10.1. The lowest BCUT2D eigenvalue weighted by molar-refractivity contribution is -0.134. The van der Waals surface area contributed by atoms with E-state index in [-0.39, 0.29) is 12.1 Å². The second kappa shape index (κ2) is 10.0. The van der Waals surface area contributed by atoms with Crippen LogP contribution in [0.3, 0.4) is 0 Å². The first-order valence-electron chi connectivity index (χ1n) is 10.4. The van der Waals surface area contributed by atoms with E-state index in [9.17, 15) is 4.79 Å². The van der Waals surface area contributed by atoms with Gasteiger partial charge in [0.2, 0.25) is 5.91 Å². The summed E-state index contributed by atoms with van der Waals surface area (Å²) in [6.07, 6.45) is 12.3. The molecule has 0 aliphatic carbocycles. The molecular formula is C21H34N4O. The van der Waals surface area contributed by atoms with Crippen molar-refractivity contribution in [3.63, 3.8) is 0 Å². The summed E-state index contributed by atoms with van der Waals surface area (Å²) < 4.78 is 0. The van der Waals surface area contributed by atoms with Crippen molar-refractivity contribution >= 4 is 5.91 Å². The molecule has 1 aromatic heterocycles.